The van der Waals surface area contributed by atoms with Crippen LogP contribution in [0.1, 0.15) is 30.9 Å². The van der Waals surface area contributed by atoms with Crippen molar-refractivity contribution in [2.24, 2.45) is 0 Å². The summed E-state index contributed by atoms with van der Waals surface area (Å²) in [6.45, 7) is 0. The molecule has 3 rings (SSSR count). The van der Waals surface area contributed by atoms with Crippen molar-refractivity contribution >= 4 is 10.9 Å². The van der Waals surface area contributed by atoms with Crippen molar-refractivity contribution < 1.29 is 5.11 Å². The molecule has 0 saturated heterocycles. The van der Waals surface area contributed by atoms with Gasteiger partial charge in [-0.2, -0.15) is 5.10 Å². The number of benzene rings is 1. The SMILES string of the molecule is Oc1ccc2c(C3CCC3)n[nH]c2c1. The van der Waals surface area contributed by atoms with Gasteiger partial charge in [-0.3, -0.25) is 5.10 Å². The van der Waals surface area contributed by atoms with Crippen LogP contribution in [0.4, 0.5) is 0 Å². The number of rotatable bonds is 1. The molecule has 0 amide bonds. The molecule has 3 nitrogen and oxygen atoms in total. The molecule has 14 heavy (non-hydrogen) atoms. The first-order chi connectivity index (χ1) is 6.84. The third-order valence-corrected chi connectivity index (χ3v) is 3.07. The van der Waals surface area contributed by atoms with Crippen molar-refractivity contribution in [1.29, 1.82) is 0 Å². The standard InChI is InChI=1S/C11H12N2O/c14-8-4-5-9-10(6-8)12-13-11(9)7-2-1-3-7/h4-7,14H,1-3H2,(H,12,13). The fraction of sp³-hybridized carbons (Fsp3) is 0.364. The van der Waals surface area contributed by atoms with Gasteiger partial charge in [0.2, 0.25) is 0 Å². The summed E-state index contributed by atoms with van der Waals surface area (Å²) in [5.41, 5.74) is 2.11. The number of H-pyrrole nitrogens is 1. The third kappa shape index (κ3) is 1.02. The number of aromatic amines is 1. The molecule has 1 aliphatic rings. The van der Waals surface area contributed by atoms with Crippen LogP contribution in [0.25, 0.3) is 10.9 Å². The molecule has 1 aliphatic carbocycles. The van der Waals surface area contributed by atoms with Gasteiger partial charge in [-0.1, -0.05) is 6.42 Å². The van der Waals surface area contributed by atoms with Crippen LogP contribution >= 0.6 is 0 Å². The predicted octanol–water partition coefficient (Wildman–Crippen LogP) is 2.54. The fourth-order valence-electron chi connectivity index (χ4n) is 2.02. The van der Waals surface area contributed by atoms with E-state index in [4.69, 9.17) is 0 Å². The molecule has 0 radical (unpaired) electrons. The van der Waals surface area contributed by atoms with Crippen LogP contribution in [0.2, 0.25) is 0 Å². The van der Waals surface area contributed by atoms with Gasteiger partial charge in [-0.25, -0.2) is 0 Å². The quantitative estimate of drug-likeness (QED) is 0.722. The number of nitrogens with zero attached hydrogens (tertiary/aromatic N) is 1. The largest absolute Gasteiger partial charge is 0.508 e. The summed E-state index contributed by atoms with van der Waals surface area (Å²) < 4.78 is 0. The fourth-order valence-corrected chi connectivity index (χ4v) is 2.02. The first kappa shape index (κ1) is 7.85. The first-order valence-electron chi connectivity index (χ1n) is 5.01. The molecule has 0 spiro atoms. The lowest BCUT2D eigenvalue weighted by Crippen LogP contribution is -2.09. The highest BCUT2D eigenvalue weighted by atomic mass is 16.3. The minimum Gasteiger partial charge on any atom is -0.508 e. The maximum absolute atomic E-state index is 9.30. The maximum atomic E-state index is 9.30. The van der Waals surface area contributed by atoms with Crippen molar-refractivity contribution in [2.75, 3.05) is 0 Å². The van der Waals surface area contributed by atoms with Crippen molar-refractivity contribution in [2.45, 2.75) is 25.2 Å². The van der Waals surface area contributed by atoms with Crippen LogP contribution in [-0.4, -0.2) is 15.3 Å². The highest BCUT2D eigenvalue weighted by Gasteiger charge is 2.23. The molecule has 2 aromatic rings. The Labute approximate surface area is 81.8 Å². The van der Waals surface area contributed by atoms with E-state index >= 15 is 0 Å². The molecule has 1 saturated carbocycles. The topological polar surface area (TPSA) is 48.9 Å². The Morgan fingerprint density at radius 2 is 2.21 bits per heavy atom. The van der Waals surface area contributed by atoms with Crippen LogP contribution < -0.4 is 0 Å². The monoisotopic (exact) mass is 188 g/mol. The van der Waals surface area contributed by atoms with Gasteiger partial charge in [0.05, 0.1) is 11.2 Å². The molecular weight excluding hydrogens is 176 g/mol. The molecule has 0 unspecified atom stereocenters. The van der Waals surface area contributed by atoms with E-state index in [1.807, 2.05) is 6.07 Å². The Kier molecular flexibility index (Phi) is 1.54. The molecule has 1 aromatic carbocycles. The van der Waals surface area contributed by atoms with E-state index < -0.39 is 0 Å². The molecular formula is C11H12N2O. The highest BCUT2D eigenvalue weighted by molar-refractivity contribution is 5.83. The lowest BCUT2D eigenvalue weighted by atomic mass is 9.82. The smallest absolute Gasteiger partial charge is 0.117 e. The lowest BCUT2D eigenvalue weighted by Gasteiger charge is -2.23. The van der Waals surface area contributed by atoms with Gasteiger partial charge < -0.3 is 5.11 Å². The van der Waals surface area contributed by atoms with E-state index in [2.05, 4.69) is 10.2 Å². The van der Waals surface area contributed by atoms with Crippen LogP contribution in [-0.2, 0) is 0 Å². The normalized spacial score (nSPS) is 17.1. The summed E-state index contributed by atoms with van der Waals surface area (Å²) in [6.07, 6.45) is 3.82. The zero-order chi connectivity index (χ0) is 9.54. The van der Waals surface area contributed by atoms with E-state index in [0.717, 1.165) is 10.9 Å². The lowest BCUT2D eigenvalue weighted by molar-refractivity contribution is 0.413. The minimum atomic E-state index is 0.293. The Balaban J connectivity index is 2.16. The van der Waals surface area contributed by atoms with E-state index in [9.17, 15) is 5.11 Å². The number of fused-ring (bicyclic) bond motifs is 1. The molecule has 72 valence electrons. The third-order valence-electron chi connectivity index (χ3n) is 3.07. The number of aromatic hydroxyl groups is 1. The second-order valence-electron chi connectivity index (χ2n) is 3.97. The van der Waals surface area contributed by atoms with Crippen molar-refractivity contribution in [3.63, 3.8) is 0 Å². The van der Waals surface area contributed by atoms with Crippen molar-refractivity contribution in [3.8, 4) is 5.75 Å². The molecule has 1 heterocycles. The minimum absolute atomic E-state index is 0.293. The molecule has 1 fully saturated rings. The number of phenols is 1. The maximum Gasteiger partial charge on any atom is 0.117 e. The summed E-state index contributed by atoms with van der Waals surface area (Å²) >= 11 is 0. The van der Waals surface area contributed by atoms with Gasteiger partial charge in [0.25, 0.3) is 0 Å². The molecule has 2 N–H and O–H groups in total. The number of nitrogens with one attached hydrogen (secondary N) is 1. The summed E-state index contributed by atoms with van der Waals surface area (Å²) in [5.74, 6) is 0.926. The summed E-state index contributed by atoms with van der Waals surface area (Å²) in [4.78, 5) is 0. The van der Waals surface area contributed by atoms with Gasteiger partial charge in [0.1, 0.15) is 5.75 Å². The van der Waals surface area contributed by atoms with Gasteiger partial charge >= 0.3 is 0 Å². The highest BCUT2D eigenvalue weighted by Crippen LogP contribution is 2.38. The van der Waals surface area contributed by atoms with Crippen LogP contribution in [0.15, 0.2) is 18.2 Å². The zero-order valence-electron chi connectivity index (χ0n) is 7.83. The van der Waals surface area contributed by atoms with Crippen LogP contribution in [0.5, 0.6) is 5.75 Å². The zero-order valence-corrected chi connectivity index (χ0v) is 7.83. The van der Waals surface area contributed by atoms with Crippen molar-refractivity contribution in [1.82, 2.24) is 10.2 Å². The summed E-state index contributed by atoms with van der Waals surface area (Å²) in [5, 5.41) is 17.8. The van der Waals surface area contributed by atoms with Gasteiger partial charge in [-0.05, 0) is 25.0 Å². The van der Waals surface area contributed by atoms with E-state index in [-0.39, 0.29) is 0 Å². The Morgan fingerprint density at radius 1 is 1.36 bits per heavy atom. The van der Waals surface area contributed by atoms with Gasteiger partial charge in [0, 0.05) is 17.4 Å². The number of hydrogen-bond acceptors (Lipinski definition) is 2. The summed E-state index contributed by atoms with van der Waals surface area (Å²) in [7, 11) is 0. The van der Waals surface area contributed by atoms with Crippen LogP contribution in [0, 0.1) is 0 Å². The molecule has 1 aromatic heterocycles. The van der Waals surface area contributed by atoms with Crippen molar-refractivity contribution in [3.05, 3.63) is 23.9 Å². The predicted molar refractivity (Wildman–Crippen MR) is 54.4 cm³/mol. The van der Waals surface area contributed by atoms with E-state index in [1.165, 1.54) is 25.0 Å². The second kappa shape index (κ2) is 2.74. The number of phenolic OH excluding ortho intramolecular Hbond substituents is 1. The number of aromatic nitrogens is 2. The Hall–Kier alpha value is -1.51. The molecule has 3 heteroatoms. The summed E-state index contributed by atoms with van der Waals surface area (Å²) in [6, 6.07) is 5.40. The number of hydrogen-bond donors (Lipinski definition) is 2. The van der Waals surface area contributed by atoms with Crippen LogP contribution in [0.3, 0.4) is 0 Å². The second-order valence-corrected chi connectivity index (χ2v) is 3.97. The Bertz CT molecular complexity index is 471. The Morgan fingerprint density at radius 3 is 2.93 bits per heavy atom. The van der Waals surface area contributed by atoms with Gasteiger partial charge in [0.15, 0.2) is 0 Å². The van der Waals surface area contributed by atoms with E-state index in [0.29, 0.717) is 11.7 Å². The first-order valence-corrected chi connectivity index (χ1v) is 5.01. The molecule has 0 atom stereocenters. The van der Waals surface area contributed by atoms with Gasteiger partial charge in [-0.15, -0.1) is 0 Å². The van der Waals surface area contributed by atoms with E-state index in [1.54, 1.807) is 12.1 Å². The molecule has 0 bridgehead atoms. The molecule has 0 aliphatic heterocycles. The average Bonchev–Trinajstić information content (AvgIpc) is 2.45. The average molecular weight is 188 g/mol.